The van der Waals surface area contributed by atoms with Crippen LogP contribution in [0.3, 0.4) is 0 Å². The maximum absolute atomic E-state index is 13.1. The van der Waals surface area contributed by atoms with E-state index in [0.717, 1.165) is 11.1 Å². The molecule has 0 fully saturated rings. The third kappa shape index (κ3) is 5.73. The standard InChI is InChI=1S/C23H23FN2O3S/c1-28-20-10-7-16(14-21(20)29-2)11-13-25-22(27)19-4-3-12-26-23(19)30-15-17-5-8-18(24)9-6-17/h3-10,12,14H,11,13,15H2,1-2H3,(H,25,27). The van der Waals surface area contributed by atoms with E-state index in [1.807, 2.05) is 18.2 Å². The first kappa shape index (κ1) is 21.6. The number of nitrogens with one attached hydrogen (secondary N) is 1. The average molecular weight is 427 g/mol. The minimum Gasteiger partial charge on any atom is -0.493 e. The lowest BCUT2D eigenvalue weighted by atomic mass is 10.1. The monoisotopic (exact) mass is 426 g/mol. The van der Waals surface area contributed by atoms with Gasteiger partial charge in [-0.3, -0.25) is 4.79 Å². The summed E-state index contributed by atoms with van der Waals surface area (Å²) in [6, 6.07) is 15.5. The Kier molecular flexibility index (Phi) is 7.68. The van der Waals surface area contributed by atoms with Crippen LogP contribution in [-0.4, -0.2) is 31.7 Å². The van der Waals surface area contributed by atoms with Gasteiger partial charge in [-0.25, -0.2) is 9.37 Å². The van der Waals surface area contributed by atoms with Gasteiger partial charge in [0.15, 0.2) is 11.5 Å². The lowest BCUT2D eigenvalue weighted by Gasteiger charge is -2.11. The summed E-state index contributed by atoms with van der Waals surface area (Å²) in [6.45, 7) is 0.477. The van der Waals surface area contributed by atoms with Gasteiger partial charge < -0.3 is 14.8 Å². The third-order valence-corrected chi connectivity index (χ3v) is 5.53. The number of ether oxygens (including phenoxy) is 2. The van der Waals surface area contributed by atoms with Crippen LogP contribution in [0.5, 0.6) is 11.5 Å². The second kappa shape index (κ2) is 10.6. The molecule has 1 N–H and O–H groups in total. The Bertz CT molecular complexity index is 996. The van der Waals surface area contributed by atoms with E-state index in [-0.39, 0.29) is 11.7 Å². The van der Waals surface area contributed by atoms with Crippen molar-refractivity contribution in [2.45, 2.75) is 17.2 Å². The Labute approximate surface area is 179 Å². The van der Waals surface area contributed by atoms with Crippen LogP contribution in [0.15, 0.2) is 65.8 Å². The van der Waals surface area contributed by atoms with Crippen LogP contribution in [0.25, 0.3) is 0 Å². The maximum Gasteiger partial charge on any atom is 0.254 e. The highest BCUT2D eigenvalue weighted by atomic mass is 32.2. The number of hydrogen-bond acceptors (Lipinski definition) is 5. The minimum atomic E-state index is -0.267. The number of carbonyl (C=O) groups is 1. The normalized spacial score (nSPS) is 10.5. The number of aromatic nitrogens is 1. The molecule has 0 unspecified atom stereocenters. The number of nitrogens with zero attached hydrogens (tertiary/aromatic N) is 1. The summed E-state index contributed by atoms with van der Waals surface area (Å²) in [5.74, 6) is 1.49. The Hall–Kier alpha value is -3.06. The average Bonchev–Trinajstić information content (AvgIpc) is 2.78. The number of amides is 1. The van der Waals surface area contributed by atoms with Crippen molar-refractivity contribution in [3.05, 3.63) is 83.3 Å². The molecule has 7 heteroatoms. The van der Waals surface area contributed by atoms with Gasteiger partial charge in [0.05, 0.1) is 19.8 Å². The predicted molar refractivity (Wildman–Crippen MR) is 116 cm³/mol. The molecule has 0 aliphatic carbocycles. The van der Waals surface area contributed by atoms with E-state index in [9.17, 15) is 9.18 Å². The molecule has 0 saturated carbocycles. The second-order valence-corrected chi connectivity index (χ2v) is 7.43. The van der Waals surface area contributed by atoms with Gasteiger partial charge in [0, 0.05) is 18.5 Å². The van der Waals surface area contributed by atoms with Crippen molar-refractivity contribution in [1.29, 1.82) is 0 Å². The van der Waals surface area contributed by atoms with Gasteiger partial charge in [0.1, 0.15) is 10.8 Å². The van der Waals surface area contributed by atoms with Gasteiger partial charge in [-0.15, -0.1) is 11.8 Å². The summed E-state index contributed by atoms with van der Waals surface area (Å²) >= 11 is 1.45. The minimum absolute atomic E-state index is 0.176. The van der Waals surface area contributed by atoms with E-state index in [1.165, 1.54) is 23.9 Å². The zero-order valence-electron chi connectivity index (χ0n) is 16.9. The van der Waals surface area contributed by atoms with Crippen LogP contribution in [0.1, 0.15) is 21.5 Å². The van der Waals surface area contributed by atoms with E-state index in [2.05, 4.69) is 10.3 Å². The number of rotatable bonds is 9. The van der Waals surface area contributed by atoms with Gasteiger partial charge >= 0.3 is 0 Å². The van der Waals surface area contributed by atoms with Gasteiger partial charge in [-0.05, 0) is 53.9 Å². The highest BCUT2D eigenvalue weighted by molar-refractivity contribution is 7.98. The number of thioether (sulfide) groups is 1. The Morgan fingerprint density at radius 2 is 1.77 bits per heavy atom. The summed E-state index contributed by atoms with van der Waals surface area (Å²) in [4.78, 5) is 17.0. The highest BCUT2D eigenvalue weighted by Gasteiger charge is 2.13. The SMILES string of the molecule is COc1ccc(CCNC(=O)c2cccnc2SCc2ccc(F)cc2)cc1OC. The van der Waals surface area contributed by atoms with E-state index in [4.69, 9.17) is 9.47 Å². The van der Waals surface area contributed by atoms with Crippen LogP contribution >= 0.6 is 11.8 Å². The molecule has 1 heterocycles. The molecule has 0 aliphatic rings. The van der Waals surface area contributed by atoms with Crippen LogP contribution in [0, 0.1) is 5.82 Å². The molecule has 3 aromatic rings. The lowest BCUT2D eigenvalue weighted by Crippen LogP contribution is -2.26. The van der Waals surface area contributed by atoms with E-state index in [1.54, 1.807) is 44.7 Å². The van der Waals surface area contributed by atoms with Crippen LogP contribution in [0.2, 0.25) is 0 Å². The molecular weight excluding hydrogens is 403 g/mol. The molecule has 0 atom stereocenters. The number of carbonyl (C=O) groups excluding carboxylic acids is 1. The smallest absolute Gasteiger partial charge is 0.254 e. The Morgan fingerprint density at radius 3 is 2.50 bits per heavy atom. The Morgan fingerprint density at radius 1 is 1.03 bits per heavy atom. The van der Waals surface area contributed by atoms with E-state index >= 15 is 0 Å². The quantitative estimate of drug-likeness (QED) is 0.511. The molecule has 156 valence electrons. The van der Waals surface area contributed by atoms with Crippen molar-refractivity contribution in [3.63, 3.8) is 0 Å². The van der Waals surface area contributed by atoms with Crippen molar-refractivity contribution in [2.75, 3.05) is 20.8 Å². The van der Waals surface area contributed by atoms with Gasteiger partial charge in [0.2, 0.25) is 0 Å². The number of methoxy groups -OCH3 is 2. The molecule has 1 amide bonds. The molecule has 1 aromatic heterocycles. The first-order valence-electron chi connectivity index (χ1n) is 9.42. The first-order chi connectivity index (χ1) is 14.6. The second-order valence-electron chi connectivity index (χ2n) is 6.47. The zero-order valence-corrected chi connectivity index (χ0v) is 17.7. The molecule has 2 aromatic carbocycles. The van der Waals surface area contributed by atoms with Gasteiger partial charge in [-0.2, -0.15) is 0 Å². The fourth-order valence-electron chi connectivity index (χ4n) is 2.86. The number of halogens is 1. The molecule has 0 aliphatic heterocycles. The summed E-state index contributed by atoms with van der Waals surface area (Å²) in [6.07, 6.45) is 2.32. The van der Waals surface area contributed by atoms with E-state index in [0.29, 0.717) is 40.8 Å². The molecule has 0 bridgehead atoms. The van der Waals surface area contributed by atoms with Crippen LogP contribution in [-0.2, 0) is 12.2 Å². The predicted octanol–water partition coefficient (Wildman–Crippen LogP) is 4.50. The van der Waals surface area contributed by atoms with E-state index < -0.39 is 0 Å². The molecule has 5 nitrogen and oxygen atoms in total. The van der Waals surface area contributed by atoms with Crippen LogP contribution < -0.4 is 14.8 Å². The largest absolute Gasteiger partial charge is 0.493 e. The molecule has 3 rings (SSSR count). The molecular formula is C23H23FN2O3S. The fourth-order valence-corrected chi connectivity index (χ4v) is 3.81. The number of benzene rings is 2. The maximum atomic E-state index is 13.1. The molecule has 30 heavy (non-hydrogen) atoms. The number of hydrogen-bond donors (Lipinski definition) is 1. The van der Waals surface area contributed by atoms with Crippen molar-refractivity contribution >= 4 is 17.7 Å². The third-order valence-electron chi connectivity index (χ3n) is 4.45. The van der Waals surface area contributed by atoms with Crippen molar-refractivity contribution in [1.82, 2.24) is 10.3 Å². The molecule has 0 spiro atoms. The van der Waals surface area contributed by atoms with Gasteiger partial charge in [-0.1, -0.05) is 18.2 Å². The summed E-state index contributed by atoms with van der Waals surface area (Å²) in [5, 5.41) is 3.59. The van der Waals surface area contributed by atoms with Crippen molar-refractivity contribution < 1.29 is 18.7 Å². The Balaban J connectivity index is 1.58. The topological polar surface area (TPSA) is 60.5 Å². The summed E-state index contributed by atoms with van der Waals surface area (Å²) in [5.41, 5.74) is 2.52. The van der Waals surface area contributed by atoms with Crippen molar-refractivity contribution in [3.8, 4) is 11.5 Å². The van der Waals surface area contributed by atoms with Crippen LogP contribution in [0.4, 0.5) is 4.39 Å². The van der Waals surface area contributed by atoms with Crippen molar-refractivity contribution in [2.24, 2.45) is 0 Å². The highest BCUT2D eigenvalue weighted by Crippen LogP contribution is 2.28. The zero-order chi connectivity index (χ0) is 21.3. The molecule has 0 saturated heterocycles. The molecule has 0 radical (unpaired) electrons. The summed E-state index contributed by atoms with van der Waals surface area (Å²) < 4.78 is 23.6. The first-order valence-corrected chi connectivity index (χ1v) is 10.4. The van der Waals surface area contributed by atoms with Gasteiger partial charge in [0.25, 0.3) is 5.91 Å². The number of pyridine rings is 1. The summed E-state index contributed by atoms with van der Waals surface area (Å²) in [7, 11) is 3.19. The lowest BCUT2D eigenvalue weighted by molar-refractivity contribution is 0.0950. The fraction of sp³-hybridized carbons (Fsp3) is 0.217.